The summed E-state index contributed by atoms with van der Waals surface area (Å²) in [5.74, 6) is 1.48. The topological polar surface area (TPSA) is 51.2 Å². The van der Waals surface area contributed by atoms with Crippen LogP contribution in [0.25, 0.3) is 16.9 Å². The number of aromatic nitrogens is 2. The van der Waals surface area contributed by atoms with E-state index in [1.807, 2.05) is 78.2 Å². The number of ether oxygens (including phenoxy) is 1. The lowest BCUT2D eigenvalue weighted by Gasteiger charge is -2.03. The predicted molar refractivity (Wildman–Crippen MR) is 107 cm³/mol. The first kappa shape index (κ1) is 17.0. The second-order valence-electron chi connectivity index (χ2n) is 6.44. The zero-order valence-electron chi connectivity index (χ0n) is 15.5. The molecule has 0 aliphatic rings. The zero-order chi connectivity index (χ0) is 18.8. The van der Waals surface area contributed by atoms with Crippen molar-refractivity contribution in [1.29, 1.82) is 0 Å². The summed E-state index contributed by atoms with van der Waals surface area (Å²) < 4.78 is 7.34. The average Bonchev–Trinajstić information content (AvgIpc) is 3.08. The SMILES string of the molecule is COc1cccc(-c2nc3c(C)cccn3c2N=Nc2ccc(C)cc2)c1. The summed E-state index contributed by atoms with van der Waals surface area (Å²) in [5, 5.41) is 8.98. The number of methoxy groups -OCH3 is 1. The van der Waals surface area contributed by atoms with Gasteiger partial charge in [0.1, 0.15) is 17.1 Å². The molecule has 27 heavy (non-hydrogen) atoms. The van der Waals surface area contributed by atoms with E-state index in [1.165, 1.54) is 5.56 Å². The van der Waals surface area contributed by atoms with Gasteiger partial charge in [0.25, 0.3) is 0 Å². The monoisotopic (exact) mass is 356 g/mol. The molecule has 0 amide bonds. The highest BCUT2D eigenvalue weighted by Gasteiger charge is 2.15. The number of azo groups is 1. The molecule has 0 N–H and O–H groups in total. The minimum atomic E-state index is 0.697. The molecule has 2 aromatic heterocycles. The molecule has 0 spiro atoms. The highest BCUT2D eigenvalue weighted by molar-refractivity contribution is 5.76. The maximum absolute atomic E-state index is 5.37. The number of fused-ring (bicyclic) bond motifs is 1. The van der Waals surface area contributed by atoms with Crippen LogP contribution in [0.2, 0.25) is 0 Å². The molecule has 0 aliphatic heterocycles. The van der Waals surface area contributed by atoms with E-state index >= 15 is 0 Å². The van der Waals surface area contributed by atoms with Crippen molar-refractivity contribution in [3.8, 4) is 17.0 Å². The molecule has 5 heteroatoms. The lowest BCUT2D eigenvalue weighted by atomic mass is 10.1. The minimum absolute atomic E-state index is 0.697. The van der Waals surface area contributed by atoms with E-state index in [0.29, 0.717) is 5.82 Å². The average molecular weight is 356 g/mol. The van der Waals surface area contributed by atoms with Crippen LogP contribution in [0.3, 0.4) is 0 Å². The van der Waals surface area contributed by atoms with Gasteiger partial charge in [-0.2, -0.15) is 0 Å². The van der Waals surface area contributed by atoms with Gasteiger partial charge in [-0.05, 0) is 49.7 Å². The normalized spacial score (nSPS) is 11.4. The first-order valence-corrected chi connectivity index (χ1v) is 8.76. The summed E-state index contributed by atoms with van der Waals surface area (Å²) in [4.78, 5) is 4.84. The first-order valence-electron chi connectivity index (χ1n) is 8.76. The number of benzene rings is 2. The molecule has 4 rings (SSSR count). The second kappa shape index (κ2) is 7.03. The third-order valence-corrected chi connectivity index (χ3v) is 4.46. The number of hydrogen-bond acceptors (Lipinski definition) is 4. The number of imidazole rings is 1. The maximum atomic E-state index is 5.37. The van der Waals surface area contributed by atoms with Crippen LogP contribution >= 0.6 is 0 Å². The molecule has 4 aromatic rings. The van der Waals surface area contributed by atoms with Crippen molar-refractivity contribution < 1.29 is 4.74 Å². The molecule has 0 saturated carbocycles. The van der Waals surface area contributed by atoms with Gasteiger partial charge < -0.3 is 4.74 Å². The van der Waals surface area contributed by atoms with Crippen molar-refractivity contribution in [2.75, 3.05) is 7.11 Å². The van der Waals surface area contributed by atoms with Gasteiger partial charge in [0.2, 0.25) is 0 Å². The van der Waals surface area contributed by atoms with E-state index in [4.69, 9.17) is 9.72 Å². The molecule has 0 unspecified atom stereocenters. The predicted octanol–water partition coefficient (Wildman–Crippen LogP) is 6.04. The van der Waals surface area contributed by atoms with Gasteiger partial charge in [-0.25, -0.2) is 4.98 Å². The molecule has 134 valence electrons. The van der Waals surface area contributed by atoms with Gasteiger partial charge in [-0.3, -0.25) is 4.40 Å². The van der Waals surface area contributed by atoms with E-state index in [-0.39, 0.29) is 0 Å². The molecule has 0 aliphatic carbocycles. The maximum Gasteiger partial charge on any atom is 0.187 e. The van der Waals surface area contributed by atoms with Crippen LogP contribution in [0.4, 0.5) is 11.5 Å². The van der Waals surface area contributed by atoms with Gasteiger partial charge >= 0.3 is 0 Å². The van der Waals surface area contributed by atoms with Gasteiger partial charge in [0, 0.05) is 11.8 Å². The summed E-state index contributed by atoms with van der Waals surface area (Å²) in [6.07, 6.45) is 1.96. The molecule has 0 bridgehead atoms. The summed E-state index contributed by atoms with van der Waals surface area (Å²) in [6.45, 7) is 4.09. The van der Waals surface area contributed by atoms with E-state index in [1.54, 1.807) is 7.11 Å². The van der Waals surface area contributed by atoms with Crippen LogP contribution in [0.15, 0.2) is 77.1 Å². The highest BCUT2D eigenvalue weighted by Crippen LogP contribution is 2.34. The Morgan fingerprint density at radius 1 is 0.926 bits per heavy atom. The molecule has 0 atom stereocenters. The summed E-state index contributed by atoms with van der Waals surface area (Å²) in [6, 6.07) is 19.8. The van der Waals surface area contributed by atoms with Crippen LogP contribution in [-0.4, -0.2) is 16.5 Å². The fraction of sp³-hybridized carbons (Fsp3) is 0.136. The Morgan fingerprint density at radius 2 is 1.74 bits per heavy atom. The molecule has 0 radical (unpaired) electrons. The van der Waals surface area contributed by atoms with Crippen molar-refractivity contribution in [3.05, 3.63) is 78.0 Å². The van der Waals surface area contributed by atoms with Gasteiger partial charge in [0.15, 0.2) is 5.82 Å². The van der Waals surface area contributed by atoms with Crippen molar-refractivity contribution in [2.24, 2.45) is 10.2 Å². The molecule has 2 aromatic carbocycles. The minimum Gasteiger partial charge on any atom is -0.497 e. The molecular formula is C22H20N4O. The fourth-order valence-corrected chi connectivity index (χ4v) is 2.97. The second-order valence-corrected chi connectivity index (χ2v) is 6.44. The Kier molecular flexibility index (Phi) is 4.42. The van der Waals surface area contributed by atoms with E-state index in [0.717, 1.165) is 33.9 Å². The van der Waals surface area contributed by atoms with E-state index in [2.05, 4.69) is 17.2 Å². The van der Waals surface area contributed by atoms with E-state index < -0.39 is 0 Å². The van der Waals surface area contributed by atoms with Gasteiger partial charge in [-0.1, -0.05) is 35.9 Å². The smallest absolute Gasteiger partial charge is 0.187 e. The molecule has 5 nitrogen and oxygen atoms in total. The Bertz CT molecular complexity index is 1130. The van der Waals surface area contributed by atoms with Crippen LogP contribution in [0.5, 0.6) is 5.75 Å². The zero-order valence-corrected chi connectivity index (χ0v) is 15.5. The number of hydrogen-bond donors (Lipinski definition) is 0. The Hall–Kier alpha value is -3.47. The van der Waals surface area contributed by atoms with Crippen molar-refractivity contribution in [1.82, 2.24) is 9.38 Å². The van der Waals surface area contributed by atoms with Crippen molar-refractivity contribution in [3.63, 3.8) is 0 Å². The van der Waals surface area contributed by atoms with Crippen LogP contribution in [-0.2, 0) is 0 Å². The van der Waals surface area contributed by atoms with Crippen molar-refractivity contribution >= 4 is 17.2 Å². The van der Waals surface area contributed by atoms with Crippen molar-refractivity contribution in [2.45, 2.75) is 13.8 Å². The molecular weight excluding hydrogens is 336 g/mol. The summed E-state index contributed by atoms with van der Waals surface area (Å²) in [7, 11) is 1.66. The Balaban J connectivity index is 1.88. The van der Waals surface area contributed by atoms with Gasteiger partial charge in [-0.15, -0.1) is 10.2 Å². The number of pyridine rings is 1. The van der Waals surface area contributed by atoms with Gasteiger partial charge in [0.05, 0.1) is 12.8 Å². The number of aryl methyl sites for hydroxylation is 2. The Morgan fingerprint density at radius 3 is 2.52 bits per heavy atom. The fourth-order valence-electron chi connectivity index (χ4n) is 2.97. The standard InChI is InChI=1S/C22H20N4O/c1-15-9-11-18(12-10-15)24-25-22-20(17-7-4-8-19(14-17)27-3)23-21-16(2)6-5-13-26(21)22/h4-14H,1-3H3. The quantitative estimate of drug-likeness (QED) is 0.418. The number of rotatable bonds is 4. The van der Waals surface area contributed by atoms with Crippen LogP contribution in [0, 0.1) is 13.8 Å². The lowest BCUT2D eigenvalue weighted by Crippen LogP contribution is -1.85. The first-order chi connectivity index (χ1) is 13.2. The third kappa shape index (κ3) is 3.31. The molecule has 2 heterocycles. The summed E-state index contributed by atoms with van der Waals surface area (Å²) in [5.41, 5.74) is 5.66. The van der Waals surface area contributed by atoms with E-state index in [9.17, 15) is 0 Å². The Labute approximate surface area is 158 Å². The lowest BCUT2D eigenvalue weighted by molar-refractivity contribution is 0.415. The van der Waals surface area contributed by atoms with Crippen LogP contribution in [0.1, 0.15) is 11.1 Å². The molecule has 0 fully saturated rings. The largest absolute Gasteiger partial charge is 0.497 e. The molecule has 0 saturated heterocycles. The summed E-state index contributed by atoms with van der Waals surface area (Å²) >= 11 is 0. The third-order valence-electron chi connectivity index (χ3n) is 4.46. The van der Waals surface area contributed by atoms with Crippen LogP contribution < -0.4 is 4.74 Å². The number of nitrogens with zero attached hydrogens (tertiary/aromatic N) is 4. The highest BCUT2D eigenvalue weighted by atomic mass is 16.5.